The molecule has 0 saturated heterocycles. The molecule has 4 nitrogen and oxygen atoms in total. The molecular weight excluding hydrogens is 320 g/mol. The predicted molar refractivity (Wildman–Crippen MR) is 86.9 cm³/mol. The van der Waals surface area contributed by atoms with Gasteiger partial charge in [-0.3, -0.25) is 0 Å². The smallest absolute Gasteiger partial charge is 0.154 e. The normalized spacial score (nSPS) is 30.7. The second-order valence-corrected chi connectivity index (χ2v) is 11.0. The Balaban J connectivity index is 1.95. The third-order valence-electron chi connectivity index (χ3n) is 4.67. The van der Waals surface area contributed by atoms with Crippen LogP contribution in [0.2, 0.25) is 0 Å². The van der Waals surface area contributed by atoms with Crippen molar-refractivity contribution in [2.24, 2.45) is 11.8 Å². The zero-order chi connectivity index (χ0) is 15.8. The van der Waals surface area contributed by atoms with Crippen LogP contribution in [-0.2, 0) is 31.2 Å². The molecule has 122 valence electrons. The van der Waals surface area contributed by atoms with Crippen LogP contribution in [-0.4, -0.2) is 28.3 Å². The minimum Gasteiger partial charge on any atom is -0.228 e. The molecule has 4 rings (SSSR count). The molecule has 1 fully saturated rings. The monoisotopic (exact) mass is 342 g/mol. The van der Waals surface area contributed by atoms with Gasteiger partial charge in [0.05, 0.1) is 23.0 Å². The lowest BCUT2D eigenvalue weighted by Crippen LogP contribution is -2.27. The van der Waals surface area contributed by atoms with Gasteiger partial charge in [-0.25, -0.2) is 16.8 Å². The second kappa shape index (κ2) is 5.96. The zero-order valence-corrected chi connectivity index (χ0v) is 14.2. The molecule has 1 saturated carbocycles. The van der Waals surface area contributed by atoms with Gasteiger partial charge < -0.3 is 0 Å². The predicted octanol–water partition coefficient (Wildman–Crippen LogP) is 2.34. The summed E-state index contributed by atoms with van der Waals surface area (Å²) < 4.78 is 49.5. The van der Waals surface area contributed by atoms with Crippen molar-refractivity contribution in [3.05, 3.63) is 35.4 Å². The molecule has 2 atom stereocenters. The number of sulfone groups is 2. The molecule has 3 aliphatic rings. The molecule has 1 aromatic carbocycles. The van der Waals surface area contributed by atoms with E-state index in [0.29, 0.717) is 0 Å². The standard InChI is InChI=1S/C16H22O4S2/c17-21(18)9-13-4-6-14(7-5-13)10-22(19,20)12-16-3-1-2-15(8-16)11-21/h4-7,15-16H,1-3,8-12H2/t15-,16-/m1/s1. The molecule has 2 heterocycles. The summed E-state index contributed by atoms with van der Waals surface area (Å²) in [5.41, 5.74) is 1.49. The maximum absolute atomic E-state index is 12.4. The Hall–Kier alpha value is -0.880. The Kier molecular flexibility index (Phi) is 4.34. The summed E-state index contributed by atoms with van der Waals surface area (Å²) >= 11 is 0. The molecule has 0 aromatic heterocycles. The van der Waals surface area contributed by atoms with Crippen molar-refractivity contribution in [1.29, 1.82) is 0 Å². The van der Waals surface area contributed by atoms with Crippen LogP contribution >= 0.6 is 0 Å². The Morgan fingerprint density at radius 3 is 1.55 bits per heavy atom. The maximum atomic E-state index is 12.4. The molecule has 0 radical (unpaired) electrons. The van der Waals surface area contributed by atoms with E-state index >= 15 is 0 Å². The summed E-state index contributed by atoms with van der Waals surface area (Å²) in [7, 11) is -6.27. The number of hydrogen-bond donors (Lipinski definition) is 0. The molecule has 6 heteroatoms. The van der Waals surface area contributed by atoms with Crippen molar-refractivity contribution in [2.45, 2.75) is 37.2 Å². The van der Waals surface area contributed by atoms with Gasteiger partial charge in [-0.2, -0.15) is 0 Å². The minimum atomic E-state index is -3.14. The van der Waals surface area contributed by atoms with Crippen LogP contribution in [0.25, 0.3) is 0 Å². The highest BCUT2D eigenvalue weighted by Crippen LogP contribution is 2.32. The van der Waals surface area contributed by atoms with Crippen molar-refractivity contribution in [1.82, 2.24) is 0 Å². The first-order valence-corrected chi connectivity index (χ1v) is 11.4. The average Bonchev–Trinajstić information content (AvgIpc) is 2.39. The summed E-state index contributed by atoms with van der Waals surface area (Å²) in [5.74, 6) is 0.704. The highest BCUT2D eigenvalue weighted by Gasteiger charge is 2.30. The van der Waals surface area contributed by atoms with E-state index < -0.39 is 19.7 Å². The highest BCUT2D eigenvalue weighted by atomic mass is 32.2. The van der Waals surface area contributed by atoms with Crippen LogP contribution in [0, 0.1) is 11.8 Å². The second-order valence-electron chi connectivity index (χ2n) is 6.82. The fourth-order valence-corrected chi connectivity index (χ4v) is 7.46. The quantitative estimate of drug-likeness (QED) is 0.726. The van der Waals surface area contributed by atoms with E-state index in [4.69, 9.17) is 0 Å². The molecule has 0 amide bonds. The lowest BCUT2D eigenvalue weighted by atomic mass is 9.83. The average molecular weight is 342 g/mol. The van der Waals surface area contributed by atoms with Gasteiger partial charge >= 0.3 is 0 Å². The van der Waals surface area contributed by atoms with Crippen LogP contribution in [0.3, 0.4) is 0 Å². The summed E-state index contributed by atoms with van der Waals surface area (Å²) in [6.07, 6.45) is 3.45. The lowest BCUT2D eigenvalue weighted by molar-refractivity contribution is 0.303. The Morgan fingerprint density at radius 1 is 0.727 bits per heavy atom. The lowest BCUT2D eigenvalue weighted by Gasteiger charge is -2.28. The van der Waals surface area contributed by atoms with Crippen molar-refractivity contribution in [3.8, 4) is 0 Å². The molecule has 2 aliphatic heterocycles. The van der Waals surface area contributed by atoms with Crippen LogP contribution in [0.1, 0.15) is 36.8 Å². The third kappa shape index (κ3) is 4.10. The SMILES string of the molecule is O=S1(=O)Cc2ccc(cc2)CS(=O)(=O)C[C@@H]2CCC[C@H](C2)C1. The largest absolute Gasteiger partial charge is 0.228 e. The van der Waals surface area contributed by atoms with E-state index in [1.807, 2.05) is 0 Å². The van der Waals surface area contributed by atoms with Crippen molar-refractivity contribution >= 4 is 19.7 Å². The van der Waals surface area contributed by atoms with E-state index in [-0.39, 0.29) is 34.8 Å². The van der Waals surface area contributed by atoms with Gasteiger partial charge in [0.1, 0.15) is 0 Å². The van der Waals surface area contributed by atoms with E-state index in [9.17, 15) is 16.8 Å². The van der Waals surface area contributed by atoms with Crippen molar-refractivity contribution in [3.63, 3.8) is 0 Å². The van der Waals surface area contributed by atoms with E-state index in [1.165, 1.54) is 0 Å². The summed E-state index contributed by atoms with van der Waals surface area (Å²) in [6.45, 7) is 0. The molecule has 4 bridgehead atoms. The van der Waals surface area contributed by atoms with E-state index in [1.54, 1.807) is 24.3 Å². The molecule has 0 N–H and O–H groups in total. The van der Waals surface area contributed by atoms with E-state index in [0.717, 1.165) is 36.8 Å². The first-order chi connectivity index (χ1) is 10.3. The van der Waals surface area contributed by atoms with E-state index in [2.05, 4.69) is 0 Å². The highest BCUT2D eigenvalue weighted by molar-refractivity contribution is 7.90. The Labute approximate surface area is 132 Å². The molecule has 1 aromatic rings. The van der Waals surface area contributed by atoms with Crippen LogP contribution < -0.4 is 0 Å². The van der Waals surface area contributed by atoms with Gasteiger partial charge in [0.25, 0.3) is 0 Å². The molecule has 0 unspecified atom stereocenters. The van der Waals surface area contributed by atoms with Gasteiger partial charge in [0.15, 0.2) is 19.7 Å². The first-order valence-electron chi connectivity index (χ1n) is 7.80. The topological polar surface area (TPSA) is 68.3 Å². The third-order valence-corrected chi connectivity index (χ3v) is 8.17. The van der Waals surface area contributed by atoms with Crippen molar-refractivity contribution in [2.75, 3.05) is 11.5 Å². The first kappa shape index (κ1) is 16.0. The van der Waals surface area contributed by atoms with Crippen molar-refractivity contribution < 1.29 is 16.8 Å². The van der Waals surface area contributed by atoms with Crippen LogP contribution in [0.4, 0.5) is 0 Å². The molecule has 0 spiro atoms. The molecular formula is C16H22O4S2. The Bertz CT molecular complexity index is 670. The zero-order valence-electron chi connectivity index (χ0n) is 12.6. The number of hydrogen-bond acceptors (Lipinski definition) is 4. The van der Waals surface area contributed by atoms with Crippen LogP contribution in [0.5, 0.6) is 0 Å². The molecule has 22 heavy (non-hydrogen) atoms. The maximum Gasteiger partial charge on any atom is 0.154 e. The number of rotatable bonds is 0. The molecule has 1 aliphatic carbocycles. The van der Waals surface area contributed by atoms with Gasteiger partial charge in [0.2, 0.25) is 0 Å². The Morgan fingerprint density at radius 2 is 1.14 bits per heavy atom. The van der Waals surface area contributed by atoms with Gasteiger partial charge in [-0.15, -0.1) is 0 Å². The number of fused-ring (bicyclic) bond motifs is 6. The van der Waals surface area contributed by atoms with Gasteiger partial charge in [0, 0.05) is 0 Å². The summed E-state index contributed by atoms with van der Waals surface area (Å²) in [5, 5.41) is 0. The minimum absolute atomic E-state index is 0.0567. The van der Waals surface area contributed by atoms with Gasteiger partial charge in [-0.1, -0.05) is 30.7 Å². The fourth-order valence-electron chi connectivity index (χ4n) is 3.78. The van der Waals surface area contributed by atoms with Gasteiger partial charge in [-0.05, 0) is 42.2 Å². The number of benzene rings is 1. The van der Waals surface area contributed by atoms with Crippen LogP contribution in [0.15, 0.2) is 24.3 Å². The fraction of sp³-hybridized carbons (Fsp3) is 0.625. The summed E-state index contributed by atoms with van der Waals surface area (Å²) in [4.78, 5) is 0. The summed E-state index contributed by atoms with van der Waals surface area (Å²) in [6, 6.07) is 6.97.